The van der Waals surface area contributed by atoms with Gasteiger partial charge in [0.25, 0.3) is 5.91 Å². The second-order valence-corrected chi connectivity index (χ2v) is 8.40. The fourth-order valence-electron chi connectivity index (χ4n) is 5.07. The summed E-state index contributed by atoms with van der Waals surface area (Å²) in [6.45, 7) is 0. The second kappa shape index (κ2) is 8.01. The molecule has 2 aromatic heterocycles. The van der Waals surface area contributed by atoms with Crippen molar-refractivity contribution in [1.29, 1.82) is 0 Å². The van der Waals surface area contributed by atoms with Crippen molar-refractivity contribution in [1.82, 2.24) is 14.9 Å². The number of rotatable bonds is 5. The van der Waals surface area contributed by atoms with Crippen LogP contribution in [-0.2, 0) is 0 Å². The zero-order valence-corrected chi connectivity index (χ0v) is 16.6. The number of carbonyl (C=O) groups is 1. The van der Waals surface area contributed by atoms with Gasteiger partial charge in [-0.2, -0.15) is 0 Å². The van der Waals surface area contributed by atoms with Gasteiger partial charge in [-0.1, -0.05) is 0 Å². The summed E-state index contributed by atoms with van der Waals surface area (Å²) in [5.41, 5.74) is 0.647. The number of carbonyl (C=O) groups excluding carboxylic acids is 1. The lowest BCUT2D eigenvalue weighted by atomic mass is 9.98. The van der Waals surface area contributed by atoms with E-state index in [4.69, 9.17) is 9.47 Å². The minimum absolute atomic E-state index is 0.0831. The summed E-state index contributed by atoms with van der Waals surface area (Å²) in [6, 6.07) is 7.96. The fraction of sp³-hybridized carbons (Fsp3) is 0.522. The van der Waals surface area contributed by atoms with Crippen molar-refractivity contribution < 1.29 is 14.3 Å². The molecule has 0 radical (unpaired) electrons. The summed E-state index contributed by atoms with van der Waals surface area (Å²) in [5.74, 6) is 1.56. The first kappa shape index (κ1) is 18.4. The molecule has 2 unspecified atom stereocenters. The van der Waals surface area contributed by atoms with E-state index < -0.39 is 0 Å². The minimum atomic E-state index is 0.0831. The highest BCUT2D eigenvalue weighted by Crippen LogP contribution is 2.38. The Kier molecular flexibility index (Phi) is 5.08. The van der Waals surface area contributed by atoms with Gasteiger partial charge in [0.15, 0.2) is 0 Å². The van der Waals surface area contributed by atoms with Crippen LogP contribution in [0.1, 0.15) is 61.7 Å². The van der Waals surface area contributed by atoms with Crippen molar-refractivity contribution in [3.05, 3.63) is 48.4 Å². The predicted octanol–water partition coefficient (Wildman–Crippen LogP) is 4.01. The zero-order chi connectivity index (χ0) is 19.6. The first-order chi connectivity index (χ1) is 14.3. The topological polar surface area (TPSA) is 64.5 Å². The molecule has 29 heavy (non-hydrogen) atoms. The third kappa shape index (κ3) is 3.93. The molecule has 6 nitrogen and oxygen atoms in total. The van der Waals surface area contributed by atoms with Crippen molar-refractivity contribution in [2.24, 2.45) is 0 Å². The van der Waals surface area contributed by atoms with Gasteiger partial charge in [0.2, 0.25) is 5.88 Å². The number of hydrogen-bond acceptors (Lipinski definition) is 5. The zero-order valence-electron chi connectivity index (χ0n) is 16.6. The lowest BCUT2D eigenvalue weighted by Gasteiger charge is -2.39. The third-order valence-electron chi connectivity index (χ3n) is 6.45. The molecule has 1 saturated carbocycles. The van der Waals surface area contributed by atoms with Crippen LogP contribution in [0.25, 0.3) is 0 Å². The van der Waals surface area contributed by atoms with Crippen LogP contribution in [0.5, 0.6) is 11.6 Å². The number of aromatic nitrogens is 2. The standard InChI is InChI=1S/C23H27N3O3/c27-23(16-5-8-22(25-15-16)29-19-3-1-2-4-19)26-17-6-7-18(26)14-21(13-17)28-20-9-11-24-12-10-20/h5,8-12,15,17-19,21H,1-4,6-7,13-14H2. The van der Waals surface area contributed by atoms with E-state index in [9.17, 15) is 4.79 Å². The average Bonchev–Trinajstić information content (AvgIpc) is 3.35. The van der Waals surface area contributed by atoms with Crippen LogP contribution in [0.3, 0.4) is 0 Å². The van der Waals surface area contributed by atoms with Crippen molar-refractivity contribution in [2.45, 2.75) is 75.7 Å². The molecule has 0 spiro atoms. The maximum Gasteiger partial charge on any atom is 0.255 e. The van der Waals surface area contributed by atoms with Crippen LogP contribution in [0.4, 0.5) is 0 Å². The van der Waals surface area contributed by atoms with Crippen LogP contribution in [0.15, 0.2) is 42.9 Å². The van der Waals surface area contributed by atoms with Gasteiger partial charge in [0, 0.05) is 49.6 Å². The highest BCUT2D eigenvalue weighted by Gasteiger charge is 2.44. The number of amides is 1. The second-order valence-electron chi connectivity index (χ2n) is 8.40. The van der Waals surface area contributed by atoms with Gasteiger partial charge in [0.05, 0.1) is 5.56 Å². The number of fused-ring (bicyclic) bond motifs is 2. The molecule has 3 fully saturated rings. The molecule has 3 aliphatic rings. The van der Waals surface area contributed by atoms with Gasteiger partial charge in [-0.05, 0) is 56.7 Å². The smallest absolute Gasteiger partial charge is 0.255 e. The highest BCUT2D eigenvalue weighted by atomic mass is 16.5. The first-order valence-electron chi connectivity index (χ1n) is 10.8. The Morgan fingerprint density at radius 3 is 2.28 bits per heavy atom. The Morgan fingerprint density at radius 1 is 0.897 bits per heavy atom. The Labute approximate surface area is 171 Å². The van der Waals surface area contributed by atoms with Gasteiger partial charge in [-0.15, -0.1) is 0 Å². The number of pyridine rings is 2. The summed E-state index contributed by atoms with van der Waals surface area (Å²) < 4.78 is 12.1. The van der Waals surface area contributed by atoms with Crippen molar-refractivity contribution in [3.8, 4) is 11.6 Å². The molecule has 2 atom stereocenters. The fourth-order valence-corrected chi connectivity index (χ4v) is 5.07. The molecule has 2 aromatic rings. The van der Waals surface area contributed by atoms with Gasteiger partial charge < -0.3 is 14.4 Å². The maximum absolute atomic E-state index is 13.2. The van der Waals surface area contributed by atoms with Gasteiger partial charge in [-0.25, -0.2) is 4.98 Å². The molecule has 2 saturated heterocycles. The molecule has 1 aliphatic carbocycles. The van der Waals surface area contributed by atoms with Crippen LogP contribution >= 0.6 is 0 Å². The van der Waals surface area contributed by atoms with Gasteiger partial charge >= 0.3 is 0 Å². The van der Waals surface area contributed by atoms with E-state index >= 15 is 0 Å². The SMILES string of the molecule is O=C(c1ccc(OC2CCCC2)nc1)N1C2CCC1CC(Oc1ccncc1)C2. The summed E-state index contributed by atoms with van der Waals surface area (Å²) in [4.78, 5) is 23.7. The Balaban J connectivity index is 1.22. The Morgan fingerprint density at radius 2 is 1.62 bits per heavy atom. The van der Waals surface area contributed by atoms with E-state index in [0.717, 1.165) is 44.3 Å². The van der Waals surface area contributed by atoms with E-state index in [1.807, 2.05) is 24.3 Å². The number of hydrogen-bond donors (Lipinski definition) is 0. The molecule has 4 heterocycles. The molecule has 0 aromatic carbocycles. The number of nitrogens with zero attached hydrogens (tertiary/aromatic N) is 3. The number of ether oxygens (including phenoxy) is 2. The Bertz CT molecular complexity index is 822. The lowest BCUT2D eigenvalue weighted by Crippen LogP contribution is -2.49. The van der Waals surface area contributed by atoms with Gasteiger partial charge in [-0.3, -0.25) is 9.78 Å². The molecule has 152 valence electrons. The summed E-state index contributed by atoms with van der Waals surface area (Å²) in [7, 11) is 0. The van der Waals surface area contributed by atoms with Crippen LogP contribution < -0.4 is 9.47 Å². The number of piperidine rings is 1. The first-order valence-corrected chi connectivity index (χ1v) is 10.8. The van der Waals surface area contributed by atoms with Crippen molar-refractivity contribution in [3.63, 3.8) is 0 Å². The summed E-state index contributed by atoms with van der Waals surface area (Å²) in [6.07, 6.45) is 14.1. The highest BCUT2D eigenvalue weighted by molar-refractivity contribution is 5.94. The molecule has 2 bridgehead atoms. The molecular weight excluding hydrogens is 366 g/mol. The van der Waals surface area contributed by atoms with E-state index in [0.29, 0.717) is 11.4 Å². The average molecular weight is 393 g/mol. The largest absolute Gasteiger partial charge is 0.490 e. The van der Waals surface area contributed by atoms with Crippen molar-refractivity contribution in [2.75, 3.05) is 0 Å². The Hall–Kier alpha value is -2.63. The molecule has 1 amide bonds. The van der Waals surface area contributed by atoms with E-state index in [1.165, 1.54) is 12.8 Å². The van der Waals surface area contributed by atoms with Crippen LogP contribution in [0, 0.1) is 0 Å². The third-order valence-corrected chi connectivity index (χ3v) is 6.45. The summed E-state index contributed by atoms with van der Waals surface area (Å²) in [5, 5.41) is 0. The van der Waals surface area contributed by atoms with E-state index in [1.54, 1.807) is 18.6 Å². The molecule has 5 rings (SSSR count). The van der Waals surface area contributed by atoms with E-state index in [2.05, 4.69) is 14.9 Å². The molecule has 2 aliphatic heterocycles. The molecular formula is C23H27N3O3. The summed E-state index contributed by atoms with van der Waals surface area (Å²) >= 11 is 0. The van der Waals surface area contributed by atoms with Crippen LogP contribution in [0.2, 0.25) is 0 Å². The normalized spacial score (nSPS) is 26.5. The minimum Gasteiger partial charge on any atom is -0.490 e. The van der Waals surface area contributed by atoms with Crippen LogP contribution in [-0.4, -0.2) is 45.1 Å². The van der Waals surface area contributed by atoms with E-state index in [-0.39, 0.29) is 30.2 Å². The quantitative estimate of drug-likeness (QED) is 0.768. The predicted molar refractivity (Wildman–Crippen MR) is 108 cm³/mol. The van der Waals surface area contributed by atoms with Crippen molar-refractivity contribution >= 4 is 5.91 Å². The molecule has 6 heteroatoms. The van der Waals surface area contributed by atoms with Gasteiger partial charge in [0.1, 0.15) is 18.0 Å². The molecule has 0 N–H and O–H groups in total. The maximum atomic E-state index is 13.2. The lowest BCUT2D eigenvalue weighted by molar-refractivity contribution is 0.0358. The monoisotopic (exact) mass is 393 g/mol.